The standard InChI is InChI=1S/C22H28N2O4S/c1-3-28-20-10-6-18(7-11-20)15-22(25)23-19-8-12-21(13-9-19)29(26,27)24-14-4-5-17(2)16-24/h6-13,17H,3-5,14-16H2,1-2H3,(H,23,25). The molecular weight excluding hydrogens is 388 g/mol. The van der Waals surface area contributed by atoms with E-state index >= 15 is 0 Å². The Labute approximate surface area is 172 Å². The highest BCUT2D eigenvalue weighted by molar-refractivity contribution is 7.89. The van der Waals surface area contributed by atoms with E-state index in [0.717, 1.165) is 24.2 Å². The molecule has 0 aromatic heterocycles. The molecular formula is C22H28N2O4S. The van der Waals surface area contributed by atoms with Crippen LogP contribution in [-0.2, 0) is 21.2 Å². The lowest BCUT2D eigenvalue weighted by molar-refractivity contribution is -0.115. The summed E-state index contributed by atoms with van der Waals surface area (Å²) in [5.74, 6) is 0.992. The van der Waals surface area contributed by atoms with E-state index in [9.17, 15) is 13.2 Å². The number of hydrogen-bond donors (Lipinski definition) is 1. The van der Waals surface area contributed by atoms with Gasteiger partial charge in [-0.3, -0.25) is 4.79 Å². The topological polar surface area (TPSA) is 75.7 Å². The van der Waals surface area contributed by atoms with Gasteiger partial charge in [-0.15, -0.1) is 0 Å². The van der Waals surface area contributed by atoms with E-state index in [1.54, 1.807) is 28.6 Å². The molecule has 6 nitrogen and oxygen atoms in total. The Kier molecular flexibility index (Phi) is 6.92. The summed E-state index contributed by atoms with van der Waals surface area (Å²) in [5, 5.41) is 2.82. The molecule has 1 atom stereocenters. The van der Waals surface area contributed by atoms with Crippen LogP contribution in [0, 0.1) is 5.92 Å². The molecule has 2 aromatic carbocycles. The maximum Gasteiger partial charge on any atom is 0.243 e. The second kappa shape index (κ2) is 9.41. The number of sulfonamides is 1. The molecule has 2 aromatic rings. The normalized spacial score (nSPS) is 17.7. The van der Waals surface area contributed by atoms with Crippen molar-refractivity contribution in [1.29, 1.82) is 0 Å². The third kappa shape index (κ3) is 5.58. The Bertz CT molecular complexity index is 924. The number of nitrogens with one attached hydrogen (secondary N) is 1. The molecule has 1 heterocycles. The highest BCUT2D eigenvalue weighted by atomic mass is 32.2. The van der Waals surface area contributed by atoms with Crippen molar-refractivity contribution in [3.05, 3.63) is 54.1 Å². The van der Waals surface area contributed by atoms with Crippen molar-refractivity contribution < 1.29 is 17.9 Å². The van der Waals surface area contributed by atoms with E-state index in [4.69, 9.17) is 4.74 Å². The summed E-state index contributed by atoms with van der Waals surface area (Å²) in [6.45, 7) is 5.72. The second-order valence-corrected chi connectivity index (χ2v) is 9.37. The van der Waals surface area contributed by atoms with Gasteiger partial charge in [0.15, 0.2) is 0 Å². The molecule has 3 rings (SSSR count). The van der Waals surface area contributed by atoms with E-state index in [0.29, 0.717) is 31.3 Å². The van der Waals surface area contributed by atoms with Crippen molar-refractivity contribution in [2.45, 2.75) is 38.0 Å². The van der Waals surface area contributed by atoms with Crippen LogP contribution in [0.15, 0.2) is 53.4 Å². The average molecular weight is 417 g/mol. The van der Waals surface area contributed by atoms with Crippen LogP contribution in [-0.4, -0.2) is 38.3 Å². The first-order valence-corrected chi connectivity index (χ1v) is 11.4. The first kappa shape index (κ1) is 21.3. The number of ether oxygens (including phenoxy) is 1. The van der Waals surface area contributed by atoms with Gasteiger partial charge in [-0.1, -0.05) is 19.1 Å². The van der Waals surface area contributed by atoms with Crippen molar-refractivity contribution in [1.82, 2.24) is 4.31 Å². The third-order valence-electron chi connectivity index (χ3n) is 4.99. The van der Waals surface area contributed by atoms with Gasteiger partial charge in [0.05, 0.1) is 17.9 Å². The number of piperidine rings is 1. The maximum atomic E-state index is 12.8. The van der Waals surface area contributed by atoms with Gasteiger partial charge in [-0.05, 0) is 67.6 Å². The van der Waals surface area contributed by atoms with Crippen LogP contribution in [0.1, 0.15) is 32.3 Å². The fraction of sp³-hybridized carbons (Fsp3) is 0.409. The van der Waals surface area contributed by atoms with Crippen molar-refractivity contribution in [2.75, 3.05) is 25.0 Å². The quantitative estimate of drug-likeness (QED) is 0.747. The minimum atomic E-state index is -3.49. The van der Waals surface area contributed by atoms with Crippen LogP contribution in [0.5, 0.6) is 5.75 Å². The molecule has 0 aliphatic carbocycles. The van der Waals surface area contributed by atoms with Crippen molar-refractivity contribution in [3.63, 3.8) is 0 Å². The third-order valence-corrected chi connectivity index (χ3v) is 6.87. The predicted octanol–water partition coefficient (Wildman–Crippen LogP) is 3.69. The van der Waals surface area contributed by atoms with Crippen LogP contribution < -0.4 is 10.1 Å². The molecule has 1 aliphatic rings. The van der Waals surface area contributed by atoms with E-state index in [2.05, 4.69) is 12.2 Å². The smallest absolute Gasteiger partial charge is 0.243 e. The summed E-state index contributed by atoms with van der Waals surface area (Å²) in [6, 6.07) is 13.8. The lowest BCUT2D eigenvalue weighted by Gasteiger charge is -2.30. The van der Waals surface area contributed by atoms with Crippen LogP contribution in [0.3, 0.4) is 0 Å². The zero-order chi connectivity index (χ0) is 20.9. The maximum absolute atomic E-state index is 12.8. The Morgan fingerprint density at radius 1 is 1.14 bits per heavy atom. The second-order valence-electron chi connectivity index (χ2n) is 7.44. The van der Waals surface area contributed by atoms with E-state index in [-0.39, 0.29) is 17.2 Å². The first-order chi connectivity index (χ1) is 13.9. The van der Waals surface area contributed by atoms with E-state index in [1.165, 1.54) is 0 Å². The average Bonchev–Trinajstić information content (AvgIpc) is 2.70. The van der Waals surface area contributed by atoms with Gasteiger partial charge in [0, 0.05) is 18.8 Å². The molecule has 156 valence electrons. The van der Waals surface area contributed by atoms with Gasteiger partial charge in [-0.2, -0.15) is 4.31 Å². The van der Waals surface area contributed by atoms with E-state index < -0.39 is 10.0 Å². The summed E-state index contributed by atoms with van der Waals surface area (Å²) < 4.78 is 32.6. The molecule has 1 fully saturated rings. The van der Waals surface area contributed by atoms with Crippen LogP contribution in [0.2, 0.25) is 0 Å². The minimum absolute atomic E-state index is 0.158. The van der Waals surface area contributed by atoms with Crippen molar-refractivity contribution in [3.8, 4) is 5.75 Å². The van der Waals surface area contributed by atoms with Gasteiger partial charge in [0.1, 0.15) is 5.75 Å². The number of hydrogen-bond acceptors (Lipinski definition) is 4. The molecule has 1 unspecified atom stereocenters. The van der Waals surface area contributed by atoms with Gasteiger partial charge in [0.25, 0.3) is 0 Å². The number of rotatable bonds is 7. The molecule has 0 radical (unpaired) electrons. The predicted molar refractivity (Wildman–Crippen MR) is 114 cm³/mol. The fourth-order valence-corrected chi connectivity index (χ4v) is 5.08. The number of anilines is 1. The van der Waals surface area contributed by atoms with Crippen LogP contribution in [0.25, 0.3) is 0 Å². The zero-order valence-corrected chi connectivity index (χ0v) is 17.7. The molecule has 1 aliphatic heterocycles. The SMILES string of the molecule is CCOc1ccc(CC(=O)Nc2ccc(S(=O)(=O)N3CCCC(C)C3)cc2)cc1. The number of benzene rings is 2. The van der Waals surface area contributed by atoms with Crippen LogP contribution >= 0.6 is 0 Å². The Morgan fingerprint density at radius 3 is 2.45 bits per heavy atom. The minimum Gasteiger partial charge on any atom is -0.494 e. The number of carbonyl (C=O) groups excluding carboxylic acids is 1. The summed E-state index contributed by atoms with van der Waals surface area (Å²) >= 11 is 0. The molecule has 1 saturated heterocycles. The summed E-state index contributed by atoms with van der Waals surface area (Å²) in [6.07, 6.45) is 2.18. The first-order valence-electron chi connectivity index (χ1n) is 10.0. The van der Waals surface area contributed by atoms with Crippen molar-refractivity contribution in [2.24, 2.45) is 5.92 Å². The summed E-state index contributed by atoms with van der Waals surface area (Å²) in [7, 11) is -3.49. The highest BCUT2D eigenvalue weighted by Crippen LogP contribution is 2.24. The van der Waals surface area contributed by atoms with E-state index in [1.807, 2.05) is 31.2 Å². The van der Waals surface area contributed by atoms with Gasteiger partial charge in [-0.25, -0.2) is 8.42 Å². The zero-order valence-electron chi connectivity index (χ0n) is 16.9. The van der Waals surface area contributed by atoms with Crippen molar-refractivity contribution >= 4 is 21.6 Å². The molecule has 29 heavy (non-hydrogen) atoms. The number of nitrogens with zero attached hydrogens (tertiary/aromatic N) is 1. The highest BCUT2D eigenvalue weighted by Gasteiger charge is 2.28. The largest absolute Gasteiger partial charge is 0.494 e. The van der Waals surface area contributed by atoms with Gasteiger partial charge in [0.2, 0.25) is 15.9 Å². The van der Waals surface area contributed by atoms with Crippen LogP contribution in [0.4, 0.5) is 5.69 Å². The Hall–Kier alpha value is -2.38. The molecule has 7 heteroatoms. The molecule has 1 amide bonds. The number of amides is 1. The summed E-state index contributed by atoms with van der Waals surface area (Å²) in [5.41, 5.74) is 1.45. The summed E-state index contributed by atoms with van der Waals surface area (Å²) in [4.78, 5) is 12.5. The molecule has 0 spiro atoms. The lowest BCUT2D eigenvalue weighted by atomic mass is 10.0. The molecule has 1 N–H and O–H groups in total. The Balaban J connectivity index is 1.60. The number of carbonyl (C=O) groups is 1. The fourth-order valence-electron chi connectivity index (χ4n) is 3.48. The molecule has 0 bridgehead atoms. The Morgan fingerprint density at radius 2 is 1.83 bits per heavy atom. The van der Waals surface area contributed by atoms with Gasteiger partial charge < -0.3 is 10.1 Å². The monoisotopic (exact) mass is 416 g/mol. The lowest BCUT2D eigenvalue weighted by Crippen LogP contribution is -2.39. The van der Waals surface area contributed by atoms with Gasteiger partial charge >= 0.3 is 0 Å². The molecule has 0 saturated carbocycles.